The molecule has 0 saturated carbocycles. The Morgan fingerprint density at radius 3 is 1.36 bits per heavy atom. The first-order chi connectivity index (χ1) is 10.3. The molecule has 22 heavy (non-hydrogen) atoms. The first kappa shape index (κ1) is 24.8. The highest BCUT2D eigenvalue weighted by molar-refractivity contribution is 8.25. The van der Waals surface area contributed by atoms with Crippen LogP contribution >= 0.6 is 91.6 Å². The van der Waals surface area contributed by atoms with Crippen LogP contribution in [0.1, 0.15) is 25.7 Å². The number of hydrogen-bond acceptors (Lipinski definition) is 6. The van der Waals surface area contributed by atoms with E-state index in [0.717, 1.165) is 19.3 Å². The average Bonchev–Trinajstić information content (AvgIpc) is 2.38. The van der Waals surface area contributed by atoms with Gasteiger partial charge in [-0.15, -0.1) is 0 Å². The van der Waals surface area contributed by atoms with Crippen LogP contribution in [0.4, 0.5) is 8.39 Å². The van der Waals surface area contributed by atoms with Crippen molar-refractivity contribution < 1.29 is 8.39 Å². The van der Waals surface area contributed by atoms with E-state index >= 15 is 0 Å². The van der Waals surface area contributed by atoms with Crippen molar-refractivity contribution in [3.63, 3.8) is 0 Å². The smallest absolute Gasteiger partial charge is 0.141 e. The lowest BCUT2D eigenvalue weighted by atomic mass is 9.82. The molecular formula is C12H26F2P2S6. The molecule has 0 rings (SSSR count). The van der Waals surface area contributed by atoms with Gasteiger partial charge in [0.25, 0.3) is 0 Å². The van der Waals surface area contributed by atoms with Gasteiger partial charge in [0.2, 0.25) is 0 Å². The first-order valence-electron chi connectivity index (χ1n) is 7.00. The third kappa shape index (κ3) is 10.1. The zero-order valence-corrected chi connectivity index (χ0v) is 19.6. The Kier molecular flexibility index (Phi) is 14.7. The van der Waals surface area contributed by atoms with E-state index in [-0.39, 0.29) is 17.7 Å². The molecule has 0 aliphatic rings. The van der Waals surface area contributed by atoms with Gasteiger partial charge in [-0.1, -0.05) is 0 Å². The van der Waals surface area contributed by atoms with Crippen molar-refractivity contribution in [2.75, 3.05) is 35.3 Å². The Morgan fingerprint density at radius 1 is 0.636 bits per heavy atom. The van der Waals surface area contributed by atoms with Crippen molar-refractivity contribution in [1.29, 1.82) is 0 Å². The minimum absolute atomic E-state index is 0.0655. The molecule has 0 aliphatic carbocycles. The molecular weight excluding hydrogens is 436 g/mol. The molecule has 0 saturated heterocycles. The Balaban J connectivity index is 4.81. The Hall–Kier alpha value is 2.82. The highest BCUT2D eigenvalue weighted by atomic mass is 32.2. The molecule has 0 bridgehead atoms. The van der Waals surface area contributed by atoms with Gasteiger partial charge in [0.15, 0.2) is 0 Å². The molecule has 0 radical (unpaired) electrons. The van der Waals surface area contributed by atoms with Gasteiger partial charge in [-0.2, -0.15) is 75.8 Å². The fourth-order valence-electron chi connectivity index (χ4n) is 2.22. The lowest BCUT2D eigenvalue weighted by Gasteiger charge is -2.35. The van der Waals surface area contributed by atoms with Crippen LogP contribution in [0, 0.1) is 5.41 Å². The predicted octanol–water partition coefficient (Wildman–Crippen LogP) is 6.46. The molecule has 0 nitrogen and oxygen atoms in total. The van der Waals surface area contributed by atoms with E-state index in [2.05, 4.69) is 75.8 Å². The number of rotatable bonds is 13. The van der Waals surface area contributed by atoms with Crippen molar-refractivity contribution in [2.24, 2.45) is 5.41 Å². The Labute approximate surface area is 169 Å². The molecule has 0 amide bonds. The quantitative estimate of drug-likeness (QED) is 0.101. The van der Waals surface area contributed by atoms with Gasteiger partial charge in [0, 0.05) is 12.3 Å². The molecule has 0 fully saturated rings. The third-order valence-electron chi connectivity index (χ3n) is 3.52. The third-order valence-corrected chi connectivity index (χ3v) is 10.1. The zero-order valence-electron chi connectivity index (χ0n) is 12.4. The maximum atomic E-state index is 14.6. The van der Waals surface area contributed by atoms with Crippen LogP contribution in [0.3, 0.4) is 0 Å². The zero-order chi connectivity index (χ0) is 17.2. The molecule has 0 aliphatic heterocycles. The van der Waals surface area contributed by atoms with Crippen LogP contribution in [0.2, 0.25) is 0 Å². The summed E-state index contributed by atoms with van der Waals surface area (Å²) in [5.41, 5.74) is -0.238. The molecule has 0 aromatic heterocycles. The number of hydrogen-bond donors (Lipinski definition) is 6. The van der Waals surface area contributed by atoms with Gasteiger partial charge in [-0.05, 0) is 54.1 Å². The molecule has 0 N–H and O–H groups in total. The molecule has 0 heterocycles. The van der Waals surface area contributed by atoms with Crippen molar-refractivity contribution in [2.45, 2.75) is 29.8 Å². The van der Waals surface area contributed by atoms with Gasteiger partial charge in [0.05, 0.1) is 4.08 Å². The number of halogens is 2. The minimum Gasteiger partial charge on any atom is -0.219 e. The van der Waals surface area contributed by atoms with E-state index in [1.54, 1.807) is 0 Å². The summed E-state index contributed by atoms with van der Waals surface area (Å²) in [7, 11) is -4.37. The van der Waals surface area contributed by atoms with Crippen LogP contribution in [-0.4, -0.2) is 39.4 Å². The summed E-state index contributed by atoms with van der Waals surface area (Å²) in [4.78, 5) is 0. The van der Waals surface area contributed by atoms with Crippen molar-refractivity contribution in [3.8, 4) is 0 Å². The Morgan fingerprint density at radius 2 is 1.00 bits per heavy atom. The summed E-state index contributed by atoms with van der Waals surface area (Å²) < 4.78 is 28.2. The van der Waals surface area contributed by atoms with Gasteiger partial charge >= 0.3 is 0 Å². The van der Waals surface area contributed by atoms with E-state index in [1.807, 2.05) is 0 Å². The molecule has 0 aromatic carbocycles. The highest BCUT2D eigenvalue weighted by Crippen LogP contribution is 2.74. The summed E-state index contributed by atoms with van der Waals surface area (Å²) >= 11 is 25.6. The standard InChI is InChI=1S/C12H26F2P2S6/c13-15(16(14)10-12(21,22)4-8-20)9-11(1-5-17,2-6-18)3-7-19/h17-22H,1-10H2. The van der Waals surface area contributed by atoms with Crippen LogP contribution < -0.4 is 0 Å². The summed E-state index contributed by atoms with van der Waals surface area (Å²) in [6.07, 6.45) is 3.19. The van der Waals surface area contributed by atoms with Crippen molar-refractivity contribution in [3.05, 3.63) is 0 Å². The topological polar surface area (TPSA) is 0 Å². The maximum absolute atomic E-state index is 14.6. The van der Waals surface area contributed by atoms with E-state index in [1.165, 1.54) is 0 Å². The van der Waals surface area contributed by atoms with E-state index in [0.29, 0.717) is 29.4 Å². The van der Waals surface area contributed by atoms with E-state index in [4.69, 9.17) is 0 Å². The van der Waals surface area contributed by atoms with Gasteiger partial charge in [-0.3, -0.25) is 0 Å². The van der Waals surface area contributed by atoms with Gasteiger partial charge in [0.1, 0.15) is 15.8 Å². The largest absolute Gasteiger partial charge is 0.219 e. The van der Waals surface area contributed by atoms with Crippen LogP contribution in [0.15, 0.2) is 0 Å². The average molecular weight is 463 g/mol. The van der Waals surface area contributed by atoms with Crippen LogP contribution in [0.25, 0.3) is 0 Å². The fraction of sp³-hybridized carbons (Fsp3) is 1.00. The highest BCUT2D eigenvalue weighted by Gasteiger charge is 2.38. The molecule has 2 unspecified atom stereocenters. The SMILES string of the molecule is FP(CC(S)(S)CCS)P(F)CC(CCS)(CCS)CCS. The lowest BCUT2D eigenvalue weighted by Crippen LogP contribution is -2.27. The second-order valence-electron chi connectivity index (χ2n) is 5.37. The first-order valence-corrected chi connectivity index (χ1v) is 14.0. The monoisotopic (exact) mass is 462 g/mol. The van der Waals surface area contributed by atoms with Crippen molar-refractivity contribution >= 4 is 91.6 Å². The van der Waals surface area contributed by atoms with Crippen LogP contribution in [-0.2, 0) is 0 Å². The molecule has 0 spiro atoms. The molecule has 2 atom stereocenters. The minimum atomic E-state index is -2.20. The van der Waals surface area contributed by atoms with Gasteiger partial charge < -0.3 is 0 Å². The molecule has 134 valence electrons. The van der Waals surface area contributed by atoms with Crippen molar-refractivity contribution in [1.82, 2.24) is 0 Å². The summed E-state index contributed by atoms with van der Waals surface area (Å²) in [5.74, 6) is 2.55. The summed E-state index contributed by atoms with van der Waals surface area (Å²) in [6, 6.07) is 0. The summed E-state index contributed by atoms with van der Waals surface area (Å²) in [5, 5.41) is 0. The number of thiol groups is 6. The predicted molar refractivity (Wildman–Crippen MR) is 123 cm³/mol. The fourth-order valence-corrected chi connectivity index (χ4v) is 10.5. The summed E-state index contributed by atoms with van der Waals surface area (Å²) in [6.45, 7) is 0. The van der Waals surface area contributed by atoms with E-state index in [9.17, 15) is 8.39 Å². The molecule has 0 aromatic rings. The van der Waals surface area contributed by atoms with E-state index < -0.39 is 19.9 Å². The molecule has 10 heteroatoms. The second kappa shape index (κ2) is 13.1. The van der Waals surface area contributed by atoms with Crippen LogP contribution in [0.5, 0.6) is 0 Å². The Bertz CT molecular complexity index is 282. The lowest BCUT2D eigenvalue weighted by molar-refractivity contribution is 0.300. The second-order valence-corrected chi connectivity index (χ2v) is 13.8. The normalized spacial score (nSPS) is 15.8. The van der Waals surface area contributed by atoms with Gasteiger partial charge in [-0.25, -0.2) is 8.39 Å². The maximum Gasteiger partial charge on any atom is 0.141 e.